The van der Waals surface area contributed by atoms with Gasteiger partial charge in [-0.1, -0.05) is 19.8 Å². The Kier molecular flexibility index (Phi) is 4.56. The van der Waals surface area contributed by atoms with Gasteiger partial charge in [-0.3, -0.25) is 0 Å². The Balaban J connectivity index is 1.94. The molecule has 1 aliphatic carbocycles. The normalized spacial score (nSPS) is 23.3. The zero-order valence-electron chi connectivity index (χ0n) is 11.3. The van der Waals surface area contributed by atoms with Gasteiger partial charge in [0, 0.05) is 12.1 Å². The molecule has 19 heavy (non-hydrogen) atoms. The third-order valence-corrected chi connectivity index (χ3v) is 3.84. The molecule has 5 heteroatoms. The summed E-state index contributed by atoms with van der Waals surface area (Å²) in [5.41, 5.74) is 5.36. The molecular weight excluding hydrogens is 248 g/mol. The van der Waals surface area contributed by atoms with Gasteiger partial charge in [-0.2, -0.15) is 0 Å². The molecule has 106 valence electrons. The molecule has 1 saturated carbocycles. The molecule has 1 aromatic rings. The zero-order chi connectivity index (χ0) is 13.8. The summed E-state index contributed by atoms with van der Waals surface area (Å²) >= 11 is 0. The van der Waals surface area contributed by atoms with Crippen LogP contribution in [0.5, 0.6) is 0 Å². The first-order valence-electron chi connectivity index (χ1n) is 6.98. The molecule has 0 amide bonds. The quantitative estimate of drug-likeness (QED) is 0.876. The maximum absolute atomic E-state index is 13.6. The van der Waals surface area contributed by atoms with Crippen molar-refractivity contribution in [1.82, 2.24) is 4.98 Å². The van der Waals surface area contributed by atoms with Gasteiger partial charge in [-0.05, 0) is 31.6 Å². The summed E-state index contributed by atoms with van der Waals surface area (Å²) in [6.07, 6.45) is 6.80. The van der Waals surface area contributed by atoms with Crippen molar-refractivity contribution in [3.8, 4) is 0 Å². The highest BCUT2D eigenvalue weighted by Gasteiger charge is 2.22. The minimum Gasteiger partial charge on any atom is -0.381 e. The first-order chi connectivity index (χ1) is 9.10. The third kappa shape index (κ3) is 3.55. The molecule has 0 bridgehead atoms. The lowest BCUT2D eigenvalue weighted by molar-refractivity contribution is 0.318. The van der Waals surface area contributed by atoms with Gasteiger partial charge >= 0.3 is 0 Å². The van der Waals surface area contributed by atoms with Gasteiger partial charge in [0.1, 0.15) is 0 Å². The number of halogens is 2. The fourth-order valence-corrected chi connectivity index (χ4v) is 2.78. The Morgan fingerprint density at radius 3 is 2.58 bits per heavy atom. The van der Waals surface area contributed by atoms with Crippen molar-refractivity contribution in [2.24, 2.45) is 5.92 Å². The number of rotatable bonds is 4. The molecule has 1 aromatic heterocycles. The van der Waals surface area contributed by atoms with Crippen molar-refractivity contribution in [3.63, 3.8) is 0 Å². The van der Waals surface area contributed by atoms with Crippen LogP contribution in [0.4, 0.5) is 20.4 Å². The second kappa shape index (κ2) is 6.17. The van der Waals surface area contributed by atoms with Crippen LogP contribution >= 0.6 is 0 Å². The van der Waals surface area contributed by atoms with Crippen LogP contribution in [0.15, 0.2) is 6.07 Å². The summed E-state index contributed by atoms with van der Waals surface area (Å²) in [4.78, 5) is 3.74. The zero-order valence-corrected chi connectivity index (χ0v) is 11.3. The highest BCUT2D eigenvalue weighted by molar-refractivity contribution is 5.45. The van der Waals surface area contributed by atoms with Gasteiger partial charge in [0.15, 0.2) is 23.3 Å². The van der Waals surface area contributed by atoms with Gasteiger partial charge < -0.3 is 11.1 Å². The van der Waals surface area contributed by atoms with Gasteiger partial charge in [0.2, 0.25) is 0 Å². The van der Waals surface area contributed by atoms with E-state index in [9.17, 15) is 8.78 Å². The van der Waals surface area contributed by atoms with Gasteiger partial charge in [-0.15, -0.1) is 0 Å². The standard InChI is InChI=1S/C14H21F2N3/c1-2-3-9-4-6-10(7-5-9)18-14-12(16)8-11(15)13(17)19-14/h8-10H,2-7H2,1H3,(H3,17,18,19). The van der Waals surface area contributed by atoms with Gasteiger partial charge in [0.05, 0.1) is 0 Å². The molecule has 0 radical (unpaired) electrons. The van der Waals surface area contributed by atoms with Crippen molar-refractivity contribution >= 4 is 11.6 Å². The SMILES string of the molecule is CCCC1CCC(Nc2nc(N)c(F)cc2F)CC1. The van der Waals surface area contributed by atoms with Crippen LogP contribution in [-0.2, 0) is 0 Å². The molecule has 1 aliphatic rings. The molecule has 0 aromatic carbocycles. The Labute approximate surface area is 112 Å². The predicted molar refractivity (Wildman–Crippen MR) is 72.8 cm³/mol. The van der Waals surface area contributed by atoms with Crippen LogP contribution < -0.4 is 11.1 Å². The van der Waals surface area contributed by atoms with Crippen molar-refractivity contribution in [3.05, 3.63) is 17.7 Å². The summed E-state index contributed by atoms with van der Waals surface area (Å²) in [6.45, 7) is 2.20. The minimum atomic E-state index is -0.810. The molecule has 0 saturated heterocycles. The molecule has 0 unspecified atom stereocenters. The summed E-state index contributed by atoms with van der Waals surface area (Å²) in [6, 6.07) is 0.993. The molecule has 1 fully saturated rings. The number of nitrogen functional groups attached to an aromatic ring is 1. The van der Waals surface area contributed by atoms with Crippen molar-refractivity contribution in [2.45, 2.75) is 51.5 Å². The van der Waals surface area contributed by atoms with E-state index in [-0.39, 0.29) is 17.7 Å². The molecule has 0 spiro atoms. The second-order valence-electron chi connectivity index (χ2n) is 5.34. The molecule has 0 atom stereocenters. The van der Waals surface area contributed by atoms with Crippen molar-refractivity contribution < 1.29 is 8.78 Å². The van der Waals surface area contributed by atoms with E-state index in [1.54, 1.807) is 0 Å². The van der Waals surface area contributed by atoms with E-state index in [0.29, 0.717) is 0 Å². The first kappa shape index (κ1) is 14.0. The van der Waals surface area contributed by atoms with Crippen LogP contribution in [0.25, 0.3) is 0 Å². The van der Waals surface area contributed by atoms with Crippen molar-refractivity contribution in [2.75, 3.05) is 11.1 Å². The number of hydrogen-bond donors (Lipinski definition) is 2. The number of hydrogen-bond acceptors (Lipinski definition) is 3. The van der Waals surface area contributed by atoms with E-state index < -0.39 is 11.6 Å². The van der Waals surface area contributed by atoms with E-state index >= 15 is 0 Å². The van der Waals surface area contributed by atoms with Gasteiger partial charge in [-0.25, -0.2) is 13.8 Å². The maximum Gasteiger partial charge on any atom is 0.168 e. The van der Waals surface area contributed by atoms with E-state index in [4.69, 9.17) is 5.73 Å². The lowest BCUT2D eigenvalue weighted by atomic mass is 9.83. The van der Waals surface area contributed by atoms with Crippen LogP contribution in [-0.4, -0.2) is 11.0 Å². The minimum absolute atomic E-state index is 0.0674. The highest BCUT2D eigenvalue weighted by atomic mass is 19.1. The predicted octanol–water partition coefficient (Wildman–Crippen LogP) is 3.71. The lowest BCUT2D eigenvalue weighted by Crippen LogP contribution is -2.27. The molecule has 3 nitrogen and oxygen atoms in total. The van der Waals surface area contributed by atoms with Gasteiger partial charge in [0.25, 0.3) is 0 Å². The number of nitrogens with one attached hydrogen (secondary N) is 1. The van der Waals surface area contributed by atoms with Crippen molar-refractivity contribution in [1.29, 1.82) is 0 Å². The van der Waals surface area contributed by atoms with E-state index in [1.807, 2.05) is 0 Å². The first-order valence-corrected chi connectivity index (χ1v) is 6.98. The number of pyridine rings is 1. The van der Waals surface area contributed by atoms with E-state index in [2.05, 4.69) is 17.2 Å². The summed E-state index contributed by atoms with van der Waals surface area (Å²) in [5.74, 6) is -0.891. The number of nitrogens with two attached hydrogens (primary N) is 1. The number of anilines is 2. The summed E-state index contributed by atoms with van der Waals surface area (Å²) in [7, 11) is 0. The highest BCUT2D eigenvalue weighted by Crippen LogP contribution is 2.30. The Morgan fingerprint density at radius 2 is 1.95 bits per heavy atom. The molecule has 3 N–H and O–H groups in total. The van der Waals surface area contributed by atoms with Crippen LogP contribution in [0, 0.1) is 17.6 Å². The lowest BCUT2D eigenvalue weighted by Gasteiger charge is -2.29. The fraction of sp³-hybridized carbons (Fsp3) is 0.643. The topological polar surface area (TPSA) is 50.9 Å². The smallest absolute Gasteiger partial charge is 0.168 e. The molecule has 1 heterocycles. The number of aromatic nitrogens is 1. The average molecular weight is 269 g/mol. The second-order valence-corrected chi connectivity index (χ2v) is 5.34. The van der Waals surface area contributed by atoms with E-state index in [0.717, 1.165) is 37.7 Å². The van der Waals surface area contributed by atoms with Crippen LogP contribution in [0.2, 0.25) is 0 Å². The average Bonchev–Trinajstić information content (AvgIpc) is 2.38. The van der Waals surface area contributed by atoms with Crippen LogP contribution in [0.1, 0.15) is 45.4 Å². The molecular formula is C14H21F2N3. The maximum atomic E-state index is 13.6. The van der Waals surface area contributed by atoms with E-state index in [1.165, 1.54) is 12.8 Å². The molecule has 2 rings (SSSR count). The Bertz CT molecular complexity index is 429. The fourth-order valence-electron chi connectivity index (χ4n) is 2.78. The molecule has 0 aliphatic heterocycles. The largest absolute Gasteiger partial charge is 0.381 e. The summed E-state index contributed by atoms with van der Waals surface area (Å²) < 4.78 is 26.6. The Morgan fingerprint density at radius 1 is 1.26 bits per heavy atom. The van der Waals surface area contributed by atoms with Crippen LogP contribution in [0.3, 0.4) is 0 Å². The third-order valence-electron chi connectivity index (χ3n) is 3.84. The Hall–Kier alpha value is -1.39. The monoisotopic (exact) mass is 269 g/mol. The summed E-state index contributed by atoms with van der Waals surface area (Å²) in [5, 5.41) is 3.05. The number of nitrogens with zero attached hydrogens (tertiary/aromatic N) is 1.